The molecule has 11 heavy (non-hydrogen) atoms. The minimum atomic E-state index is -2.10. The molecule has 0 radical (unpaired) electrons. The number of rotatable bonds is 2. The Morgan fingerprint density at radius 3 is 2.27 bits per heavy atom. The smallest absolute Gasteiger partial charge is 0.0248 e. The SMILES string of the molecule is O=S([O-])c1ccc(CP)cc1. The van der Waals surface area contributed by atoms with Gasteiger partial charge in [0.25, 0.3) is 0 Å². The molecule has 1 aromatic carbocycles. The van der Waals surface area contributed by atoms with Crippen molar-refractivity contribution in [3.05, 3.63) is 29.8 Å². The molecule has 0 aromatic heterocycles. The third-order valence-corrected chi connectivity index (χ3v) is 2.48. The minimum Gasteiger partial charge on any atom is -0.768 e. The first-order chi connectivity index (χ1) is 5.24. The number of hydrogen-bond acceptors (Lipinski definition) is 2. The number of benzene rings is 1. The predicted molar refractivity (Wildman–Crippen MR) is 47.0 cm³/mol. The molecule has 0 aliphatic rings. The van der Waals surface area contributed by atoms with Gasteiger partial charge < -0.3 is 4.55 Å². The molecular weight excluding hydrogens is 179 g/mol. The van der Waals surface area contributed by atoms with Crippen molar-refractivity contribution in [1.29, 1.82) is 0 Å². The highest BCUT2D eigenvalue weighted by atomic mass is 32.2. The Morgan fingerprint density at radius 2 is 1.91 bits per heavy atom. The molecule has 1 aromatic rings. The highest BCUT2D eigenvalue weighted by Gasteiger charge is 1.91. The largest absolute Gasteiger partial charge is 0.768 e. The minimum absolute atomic E-state index is 0.340. The molecule has 2 unspecified atom stereocenters. The van der Waals surface area contributed by atoms with E-state index in [1.54, 1.807) is 24.3 Å². The van der Waals surface area contributed by atoms with Crippen molar-refractivity contribution in [1.82, 2.24) is 0 Å². The van der Waals surface area contributed by atoms with Crippen LogP contribution in [-0.2, 0) is 17.2 Å². The molecule has 0 saturated heterocycles. The number of hydrogen-bond donors (Lipinski definition) is 0. The first kappa shape index (κ1) is 8.85. The molecular formula is C7H8O2PS-. The zero-order valence-electron chi connectivity index (χ0n) is 5.82. The van der Waals surface area contributed by atoms with Gasteiger partial charge in [-0.2, -0.15) is 0 Å². The van der Waals surface area contributed by atoms with Crippen LogP contribution in [0.1, 0.15) is 5.56 Å². The Kier molecular flexibility index (Phi) is 3.18. The maximum absolute atomic E-state index is 10.4. The summed E-state index contributed by atoms with van der Waals surface area (Å²) in [7, 11) is 2.58. The van der Waals surface area contributed by atoms with E-state index >= 15 is 0 Å². The van der Waals surface area contributed by atoms with Gasteiger partial charge in [-0.25, -0.2) is 0 Å². The highest BCUT2D eigenvalue weighted by molar-refractivity contribution is 7.79. The first-order valence-electron chi connectivity index (χ1n) is 3.12. The Hall–Kier alpha value is -0.240. The Labute approximate surface area is 70.5 Å². The van der Waals surface area contributed by atoms with Crippen molar-refractivity contribution in [3.8, 4) is 0 Å². The van der Waals surface area contributed by atoms with Crippen LogP contribution in [0.4, 0.5) is 0 Å². The fourth-order valence-corrected chi connectivity index (χ4v) is 1.37. The van der Waals surface area contributed by atoms with E-state index in [2.05, 4.69) is 9.24 Å². The van der Waals surface area contributed by atoms with E-state index in [9.17, 15) is 8.76 Å². The van der Waals surface area contributed by atoms with E-state index in [4.69, 9.17) is 0 Å². The lowest BCUT2D eigenvalue weighted by atomic mass is 10.2. The van der Waals surface area contributed by atoms with Gasteiger partial charge in [0, 0.05) is 4.90 Å². The standard InChI is InChI=1S/C7H9O2PS/c8-11(9)7-3-1-6(5-10)2-4-7/h1-4H,5,10H2,(H,8,9)/p-1. The molecule has 4 heteroatoms. The summed E-state index contributed by atoms with van der Waals surface area (Å²) >= 11 is -2.10. The highest BCUT2D eigenvalue weighted by Crippen LogP contribution is 2.09. The van der Waals surface area contributed by atoms with Crippen LogP contribution in [0.25, 0.3) is 0 Å². The summed E-state index contributed by atoms with van der Waals surface area (Å²) in [6.45, 7) is 0. The molecule has 0 fully saturated rings. The van der Waals surface area contributed by atoms with Gasteiger partial charge in [-0.15, -0.1) is 9.24 Å². The van der Waals surface area contributed by atoms with Crippen molar-refractivity contribution < 1.29 is 8.76 Å². The predicted octanol–water partition coefficient (Wildman–Crippen LogP) is 1.30. The van der Waals surface area contributed by atoms with Crippen molar-refractivity contribution in [2.45, 2.75) is 11.1 Å². The monoisotopic (exact) mass is 187 g/mol. The maximum Gasteiger partial charge on any atom is 0.0248 e. The van der Waals surface area contributed by atoms with Gasteiger partial charge in [0.05, 0.1) is 0 Å². The van der Waals surface area contributed by atoms with E-state index in [1.807, 2.05) is 0 Å². The zero-order chi connectivity index (χ0) is 8.27. The summed E-state index contributed by atoms with van der Waals surface area (Å²) in [5, 5.41) is 0. The normalized spacial score (nSPS) is 12.9. The van der Waals surface area contributed by atoms with Crippen LogP contribution in [0.2, 0.25) is 0 Å². The average molecular weight is 187 g/mol. The van der Waals surface area contributed by atoms with Crippen molar-refractivity contribution in [2.75, 3.05) is 0 Å². The van der Waals surface area contributed by atoms with Crippen molar-refractivity contribution >= 4 is 20.3 Å². The Morgan fingerprint density at radius 1 is 1.36 bits per heavy atom. The molecule has 2 atom stereocenters. The molecule has 0 spiro atoms. The topological polar surface area (TPSA) is 40.1 Å². The van der Waals surface area contributed by atoms with E-state index in [1.165, 1.54) is 0 Å². The lowest BCUT2D eigenvalue weighted by Gasteiger charge is -2.04. The third-order valence-electron chi connectivity index (χ3n) is 1.35. The zero-order valence-corrected chi connectivity index (χ0v) is 7.79. The summed E-state index contributed by atoms with van der Waals surface area (Å²) in [6.07, 6.45) is 0.853. The van der Waals surface area contributed by atoms with Crippen molar-refractivity contribution in [3.63, 3.8) is 0 Å². The average Bonchev–Trinajstić information content (AvgIpc) is 2.05. The molecule has 0 amide bonds. The van der Waals surface area contributed by atoms with Crippen LogP contribution in [0.15, 0.2) is 29.2 Å². The molecule has 0 bridgehead atoms. The molecule has 2 nitrogen and oxygen atoms in total. The Bertz CT molecular complexity index is 258. The first-order valence-corrected chi connectivity index (χ1v) is 5.01. The fourth-order valence-electron chi connectivity index (χ4n) is 0.737. The van der Waals surface area contributed by atoms with Gasteiger partial charge in [-0.3, -0.25) is 4.21 Å². The summed E-state index contributed by atoms with van der Waals surface area (Å²) in [6, 6.07) is 6.81. The van der Waals surface area contributed by atoms with Gasteiger partial charge in [-0.05, 0) is 34.9 Å². The molecule has 0 N–H and O–H groups in total. The molecule has 0 saturated carbocycles. The van der Waals surface area contributed by atoms with Crippen LogP contribution < -0.4 is 0 Å². The lowest BCUT2D eigenvalue weighted by Crippen LogP contribution is -1.88. The van der Waals surface area contributed by atoms with Crippen molar-refractivity contribution in [2.24, 2.45) is 0 Å². The van der Waals surface area contributed by atoms with Crippen LogP contribution in [0, 0.1) is 0 Å². The van der Waals surface area contributed by atoms with E-state index in [-0.39, 0.29) is 0 Å². The van der Waals surface area contributed by atoms with Gasteiger partial charge in [0.15, 0.2) is 0 Å². The van der Waals surface area contributed by atoms with E-state index in [0.717, 1.165) is 11.7 Å². The van der Waals surface area contributed by atoms with Crippen LogP contribution in [0.3, 0.4) is 0 Å². The quantitative estimate of drug-likeness (QED) is 0.517. The second-order valence-corrected chi connectivity index (χ2v) is 3.43. The van der Waals surface area contributed by atoms with E-state index < -0.39 is 11.1 Å². The Balaban J connectivity index is 2.91. The maximum atomic E-state index is 10.4. The summed E-state index contributed by atoms with van der Waals surface area (Å²) in [5.41, 5.74) is 1.12. The molecule has 0 aliphatic carbocycles. The van der Waals surface area contributed by atoms with Gasteiger partial charge in [0.1, 0.15) is 0 Å². The van der Waals surface area contributed by atoms with Crippen LogP contribution in [-0.4, -0.2) is 8.76 Å². The summed E-state index contributed by atoms with van der Waals surface area (Å²) in [5.74, 6) is 0. The van der Waals surface area contributed by atoms with Gasteiger partial charge in [0.2, 0.25) is 0 Å². The lowest BCUT2D eigenvalue weighted by molar-refractivity contribution is 0.537. The van der Waals surface area contributed by atoms with Gasteiger partial charge in [-0.1, -0.05) is 12.1 Å². The van der Waals surface area contributed by atoms with Crippen LogP contribution >= 0.6 is 9.24 Å². The summed E-state index contributed by atoms with van der Waals surface area (Å²) in [4.78, 5) is 0.340. The third kappa shape index (κ3) is 2.37. The molecule has 0 aliphatic heterocycles. The molecule has 1 rings (SSSR count). The summed E-state index contributed by atoms with van der Waals surface area (Å²) < 4.78 is 20.8. The molecule has 0 heterocycles. The van der Waals surface area contributed by atoms with Crippen LogP contribution in [0.5, 0.6) is 0 Å². The second kappa shape index (κ2) is 3.96. The molecule has 60 valence electrons. The fraction of sp³-hybridized carbons (Fsp3) is 0.143. The second-order valence-electron chi connectivity index (χ2n) is 2.08. The van der Waals surface area contributed by atoms with Gasteiger partial charge >= 0.3 is 0 Å². The van der Waals surface area contributed by atoms with E-state index in [0.29, 0.717) is 4.90 Å².